The molecule has 0 radical (unpaired) electrons. The van der Waals surface area contributed by atoms with Crippen molar-refractivity contribution in [3.63, 3.8) is 0 Å². The zero-order chi connectivity index (χ0) is 9.52. The van der Waals surface area contributed by atoms with Gasteiger partial charge in [-0.15, -0.1) is 0 Å². The molecule has 1 heterocycles. The highest BCUT2D eigenvalue weighted by Crippen LogP contribution is 2.15. The quantitative estimate of drug-likeness (QED) is 0.633. The summed E-state index contributed by atoms with van der Waals surface area (Å²) >= 11 is 0. The van der Waals surface area contributed by atoms with Crippen LogP contribution in [0.3, 0.4) is 0 Å². The van der Waals surface area contributed by atoms with E-state index in [-0.39, 0.29) is 0 Å². The van der Waals surface area contributed by atoms with Crippen LogP contribution in [0, 0.1) is 0 Å². The highest BCUT2D eigenvalue weighted by molar-refractivity contribution is 4.76. The number of hydrogen-bond donors (Lipinski definition) is 1. The minimum atomic E-state index is 0.433. The molecule has 0 bridgehead atoms. The van der Waals surface area contributed by atoms with Gasteiger partial charge in [-0.1, -0.05) is 0 Å². The average Bonchev–Trinajstić information content (AvgIpc) is 2.65. The number of rotatable bonds is 6. The summed E-state index contributed by atoms with van der Waals surface area (Å²) in [6.07, 6.45) is 3.93. The lowest BCUT2D eigenvalue weighted by Gasteiger charge is -2.19. The molecule has 3 heteroatoms. The van der Waals surface area contributed by atoms with Crippen LogP contribution >= 0.6 is 0 Å². The summed E-state index contributed by atoms with van der Waals surface area (Å²) in [7, 11) is 1.74. The molecule has 0 aromatic rings. The largest absolute Gasteiger partial charge is 0.385 e. The Hall–Kier alpha value is -0.120. The van der Waals surface area contributed by atoms with E-state index in [2.05, 4.69) is 12.2 Å². The first kappa shape index (κ1) is 11.0. The second-order valence-electron chi connectivity index (χ2n) is 3.64. The van der Waals surface area contributed by atoms with Crippen LogP contribution in [0.2, 0.25) is 0 Å². The summed E-state index contributed by atoms with van der Waals surface area (Å²) in [5.74, 6) is 0. The maximum absolute atomic E-state index is 5.58. The fraction of sp³-hybridized carbons (Fsp3) is 1.00. The maximum atomic E-state index is 5.58. The van der Waals surface area contributed by atoms with Gasteiger partial charge in [-0.05, 0) is 32.7 Å². The molecule has 1 saturated heterocycles. The zero-order valence-electron chi connectivity index (χ0n) is 8.71. The molecule has 3 nitrogen and oxygen atoms in total. The van der Waals surface area contributed by atoms with Crippen molar-refractivity contribution in [1.29, 1.82) is 0 Å². The van der Waals surface area contributed by atoms with Gasteiger partial charge in [0.25, 0.3) is 0 Å². The van der Waals surface area contributed by atoms with E-state index >= 15 is 0 Å². The molecular weight excluding hydrogens is 166 g/mol. The lowest BCUT2D eigenvalue weighted by atomic mass is 10.1. The van der Waals surface area contributed by atoms with Crippen molar-refractivity contribution >= 4 is 0 Å². The highest BCUT2D eigenvalue weighted by atomic mass is 16.5. The van der Waals surface area contributed by atoms with Crippen LogP contribution in [0.25, 0.3) is 0 Å². The van der Waals surface area contributed by atoms with Gasteiger partial charge >= 0.3 is 0 Å². The maximum Gasteiger partial charge on any atom is 0.0726 e. The third-order valence-corrected chi connectivity index (χ3v) is 2.51. The SMILES string of the molecule is COCCCNC(C)C1CCCO1. The van der Waals surface area contributed by atoms with Gasteiger partial charge in [-0.25, -0.2) is 0 Å². The molecule has 13 heavy (non-hydrogen) atoms. The van der Waals surface area contributed by atoms with E-state index in [1.807, 2.05) is 0 Å². The van der Waals surface area contributed by atoms with Gasteiger partial charge in [0.05, 0.1) is 6.10 Å². The Kier molecular flexibility index (Phi) is 5.35. The van der Waals surface area contributed by atoms with Gasteiger partial charge in [0.1, 0.15) is 0 Å². The molecule has 0 saturated carbocycles. The Morgan fingerprint density at radius 2 is 2.46 bits per heavy atom. The van der Waals surface area contributed by atoms with Gasteiger partial charge in [0.2, 0.25) is 0 Å². The van der Waals surface area contributed by atoms with Crippen molar-refractivity contribution in [3.05, 3.63) is 0 Å². The van der Waals surface area contributed by atoms with Crippen molar-refractivity contribution in [2.24, 2.45) is 0 Å². The smallest absolute Gasteiger partial charge is 0.0726 e. The van der Waals surface area contributed by atoms with E-state index in [9.17, 15) is 0 Å². The van der Waals surface area contributed by atoms with Crippen LogP contribution in [0.15, 0.2) is 0 Å². The van der Waals surface area contributed by atoms with Crippen LogP contribution in [-0.2, 0) is 9.47 Å². The molecule has 0 aromatic carbocycles. The Labute approximate surface area is 80.8 Å². The van der Waals surface area contributed by atoms with Gasteiger partial charge in [-0.3, -0.25) is 0 Å². The fourth-order valence-corrected chi connectivity index (χ4v) is 1.67. The Balaban J connectivity index is 1.99. The van der Waals surface area contributed by atoms with Crippen molar-refractivity contribution < 1.29 is 9.47 Å². The first-order valence-corrected chi connectivity index (χ1v) is 5.18. The molecule has 0 aromatic heterocycles. The summed E-state index contributed by atoms with van der Waals surface area (Å²) in [4.78, 5) is 0. The topological polar surface area (TPSA) is 30.5 Å². The molecule has 1 aliphatic heterocycles. The van der Waals surface area contributed by atoms with Crippen LogP contribution in [-0.4, -0.2) is 39.0 Å². The molecule has 2 atom stereocenters. The monoisotopic (exact) mass is 187 g/mol. The second-order valence-corrected chi connectivity index (χ2v) is 3.64. The Morgan fingerprint density at radius 3 is 3.08 bits per heavy atom. The van der Waals surface area contributed by atoms with Crippen LogP contribution in [0.5, 0.6) is 0 Å². The van der Waals surface area contributed by atoms with Crippen LogP contribution < -0.4 is 5.32 Å². The number of hydrogen-bond acceptors (Lipinski definition) is 3. The van der Waals surface area contributed by atoms with Crippen molar-refractivity contribution in [3.8, 4) is 0 Å². The Bertz CT molecular complexity index is 124. The first-order valence-electron chi connectivity index (χ1n) is 5.18. The Morgan fingerprint density at radius 1 is 1.62 bits per heavy atom. The standard InChI is InChI=1S/C10H21NO2/c1-9(10-5-3-8-13-10)11-6-4-7-12-2/h9-11H,3-8H2,1-2H3. The van der Waals surface area contributed by atoms with E-state index < -0.39 is 0 Å². The van der Waals surface area contributed by atoms with Gasteiger partial charge < -0.3 is 14.8 Å². The van der Waals surface area contributed by atoms with Crippen molar-refractivity contribution in [1.82, 2.24) is 5.32 Å². The predicted molar refractivity (Wildman–Crippen MR) is 52.9 cm³/mol. The van der Waals surface area contributed by atoms with Gasteiger partial charge in [-0.2, -0.15) is 0 Å². The summed E-state index contributed by atoms with van der Waals surface area (Å²) in [5.41, 5.74) is 0. The number of nitrogens with one attached hydrogen (secondary N) is 1. The second kappa shape index (κ2) is 6.35. The van der Waals surface area contributed by atoms with Crippen molar-refractivity contribution in [2.75, 3.05) is 26.9 Å². The fourth-order valence-electron chi connectivity index (χ4n) is 1.67. The van der Waals surface area contributed by atoms with Gasteiger partial charge in [0.15, 0.2) is 0 Å². The number of ether oxygens (including phenoxy) is 2. The number of methoxy groups -OCH3 is 1. The highest BCUT2D eigenvalue weighted by Gasteiger charge is 2.21. The molecule has 1 fully saturated rings. The first-order chi connectivity index (χ1) is 6.34. The van der Waals surface area contributed by atoms with Crippen molar-refractivity contribution in [2.45, 2.75) is 38.3 Å². The van der Waals surface area contributed by atoms with E-state index in [4.69, 9.17) is 9.47 Å². The van der Waals surface area contributed by atoms with Crippen LogP contribution in [0.1, 0.15) is 26.2 Å². The molecule has 0 amide bonds. The molecule has 1 rings (SSSR count). The minimum Gasteiger partial charge on any atom is -0.385 e. The van der Waals surface area contributed by atoms with E-state index in [1.165, 1.54) is 12.8 Å². The third kappa shape index (κ3) is 4.07. The summed E-state index contributed by atoms with van der Waals surface area (Å²) < 4.78 is 10.6. The minimum absolute atomic E-state index is 0.433. The molecule has 1 N–H and O–H groups in total. The normalized spacial score (nSPS) is 24.9. The third-order valence-electron chi connectivity index (χ3n) is 2.51. The molecule has 1 aliphatic rings. The lowest BCUT2D eigenvalue weighted by Crippen LogP contribution is -2.37. The summed E-state index contributed by atoms with van der Waals surface area (Å²) in [6, 6.07) is 0.486. The predicted octanol–water partition coefficient (Wildman–Crippen LogP) is 1.18. The molecule has 78 valence electrons. The average molecular weight is 187 g/mol. The zero-order valence-corrected chi connectivity index (χ0v) is 8.71. The lowest BCUT2D eigenvalue weighted by molar-refractivity contribution is 0.0827. The molecule has 0 aliphatic carbocycles. The van der Waals surface area contributed by atoms with E-state index in [1.54, 1.807) is 7.11 Å². The van der Waals surface area contributed by atoms with Gasteiger partial charge in [0, 0.05) is 26.4 Å². The molecule has 2 unspecified atom stereocenters. The van der Waals surface area contributed by atoms with E-state index in [0.717, 1.165) is 26.2 Å². The molecule has 0 spiro atoms. The van der Waals surface area contributed by atoms with E-state index in [0.29, 0.717) is 12.1 Å². The summed E-state index contributed by atoms with van der Waals surface area (Å²) in [5, 5.41) is 3.45. The van der Waals surface area contributed by atoms with Crippen LogP contribution in [0.4, 0.5) is 0 Å². The summed E-state index contributed by atoms with van der Waals surface area (Å²) in [6.45, 7) is 5.00. The molecular formula is C10H21NO2.